The van der Waals surface area contributed by atoms with Crippen molar-refractivity contribution >= 4 is 5.91 Å². The van der Waals surface area contributed by atoms with Gasteiger partial charge in [-0.05, 0) is 23.3 Å². The van der Waals surface area contributed by atoms with Gasteiger partial charge >= 0.3 is 0 Å². The van der Waals surface area contributed by atoms with Crippen LogP contribution in [-0.2, 0) is 13.2 Å². The van der Waals surface area contributed by atoms with Gasteiger partial charge in [-0.25, -0.2) is 9.97 Å². The van der Waals surface area contributed by atoms with Crippen LogP contribution in [0.15, 0.2) is 91.3 Å². The highest BCUT2D eigenvalue weighted by Crippen LogP contribution is 2.29. The van der Waals surface area contributed by atoms with Crippen LogP contribution in [0.4, 0.5) is 0 Å². The smallest absolute Gasteiger partial charge is 0.254 e. The molecule has 1 N–H and O–H groups in total. The van der Waals surface area contributed by atoms with Gasteiger partial charge in [-0.2, -0.15) is 0 Å². The van der Waals surface area contributed by atoms with Gasteiger partial charge < -0.3 is 14.8 Å². The molecule has 0 aliphatic rings. The molecule has 6 nitrogen and oxygen atoms in total. The Labute approximate surface area is 186 Å². The molecule has 0 unspecified atom stereocenters. The predicted octanol–water partition coefficient (Wildman–Crippen LogP) is 4.66. The van der Waals surface area contributed by atoms with E-state index < -0.39 is 0 Å². The molecule has 4 rings (SSSR count). The van der Waals surface area contributed by atoms with E-state index in [1.165, 1.54) is 12.4 Å². The average Bonchev–Trinajstić information content (AvgIpc) is 2.87. The molecule has 0 bridgehead atoms. The summed E-state index contributed by atoms with van der Waals surface area (Å²) in [6.07, 6.45) is 3.07. The Balaban J connectivity index is 1.36. The van der Waals surface area contributed by atoms with Crippen molar-refractivity contribution in [1.29, 1.82) is 0 Å². The molecule has 3 aromatic carbocycles. The van der Waals surface area contributed by atoms with Gasteiger partial charge in [0.2, 0.25) is 0 Å². The SMILES string of the molecule is COc1cc(CNC(=O)c2cnc(-c3ccccc3)nc2)ccc1OCc1ccccc1. The first kappa shape index (κ1) is 21.1. The number of amides is 1. The summed E-state index contributed by atoms with van der Waals surface area (Å²) >= 11 is 0. The van der Waals surface area contributed by atoms with Gasteiger partial charge in [-0.3, -0.25) is 4.79 Å². The van der Waals surface area contributed by atoms with E-state index in [2.05, 4.69) is 15.3 Å². The van der Waals surface area contributed by atoms with E-state index in [0.29, 0.717) is 36.0 Å². The average molecular weight is 425 g/mol. The minimum Gasteiger partial charge on any atom is -0.493 e. The van der Waals surface area contributed by atoms with E-state index >= 15 is 0 Å². The van der Waals surface area contributed by atoms with Crippen molar-refractivity contribution in [2.24, 2.45) is 0 Å². The number of rotatable bonds is 8. The van der Waals surface area contributed by atoms with Gasteiger partial charge in [0.15, 0.2) is 17.3 Å². The van der Waals surface area contributed by atoms with Crippen molar-refractivity contribution in [3.63, 3.8) is 0 Å². The predicted molar refractivity (Wildman–Crippen MR) is 122 cm³/mol. The van der Waals surface area contributed by atoms with Crippen molar-refractivity contribution in [2.45, 2.75) is 13.2 Å². The van der Waals surface area contributed by atoms with Crippen molar-refractivity contribution in [2.75, 3.05) is 7.11 Å². The first-order chi connectivity index (χ1) is 15.7. The van der Waals surface area contributed by atoms with Crippen LogP contribution < -0.4 is 14.8 Å². The zero-order valence-corrected chi connectivity index (χ0v) is 17.7. The number of nitrogens with one attached hydrogen (secondary N) is 1. The van der Waals surface area contributed by atoms with E-state index in [1.807, 2.05) is 78.9 Å². The number of nitrogens with zero attached hydrogens (tertiary/aromatic N) is 2. The van der Waals surface area contributed by atoms with Gasteiger partial charge in [0.1, 0.15) is 6.61 Å². The molecule has 1 heterocycles. The number of benzene rings is 3. The van der Waals surface area contributed by atoms with Crippen molar-refractivity contribution < 1.29 is 14.3 Å². The molecule has 1 amide bonds. The Morgan fingerprint density at radius 2 is 1.53 bits per heavy atom. The van der Waals surface area contributed by atoms with Gasteiger partial charge in [-0.15, -0.1) is 0 Å². The van der Waals surface area contributed by atoms with E-state index in [0.717, 1.165) is 16.7 Å². The molecule has 0 fully saturated rings. The number of ether oxygens (including phenoxy) is 2. The second-order valence-electron chi connectivity index (χ2n) is 7.10. The lowest BCUT2D eigenvalue weighted by molar-refractivity contribution is 0.0950. The number of hydrogen-bond donors (Lipinski definition) is 1. The van der Waals surface area contributed by atoms with Crippen LogP contribution in [0.25, 0.3) is 11.4 Å². The first-order valence-electron chi connectivity index (χ1n) is 10.2. The maximum absolute atomic E-state index is 12.5. The number of methoxy groups -OCH3 is 1. The molecule has 6 heteroatoms. The second-order valence-corrected chi connectivity index (χ2v) is 7.10. The lowest BCUT2D eigenvalue weighted by Gasteiger charge is -2.13. The molecule has 4 aromatic rings. The molecule has 0 spiro atoms. The minimum absolute atomic E-state index is 0.243. The standard InChI is InChI=1S/C26H23N3O3/c1-31-24-14-20(12-13-23(24)32-18-19-8-4-2-5-9-19)15-29-26(30)22-16-27-25(28-17-22)21-10-6-3-7-11-21/h2-14,16-17H,15,18H2,1H3,(H,29,30). The fraction of sp³-hybridized carbons (Fsp3) is 0.115. The fourth-order valence-corrected chi connectivity index (χ4v) is 3.14. The zero-order chi connectivity index (χ0) is 22.2. The van der Waals surface area contributed by atoms with Crippen LogP contribution in [0.1, 0.15) is 21.5 Å². The maximum Gasteiger partial charge on any atom is 0.254 e. The molecule has 0 aliphatic heterocycles. The third-order valence-corrected chi connectivity index (χ3v) is 4.86. The number of aromatic nitrogens is 2. The number of carbonyl (C=O) groups excluding carboxylic acids is 1. The van der Waals surface area contributed by atoms with Crippen LogP contribution in [0.2, 0.25) is 0 Å². The summed E-state index contributed by atoms with van der Waals surface area (Å²) < 4.78 is 11.3. The molecule has 0 radical (unpaired) electrons. The third-order valence-electron chi connectivity index (χ3n) is 4.86. The molecule has 32 heavy (non-hydrogen) atoms. The molecular formula is C26H23N3O3. The summed E-state index contributed by atoms with van der Waals surface area (Å²) in [5.41, 5.74) is 3.27. The monoisotopic (exact) mass is 425 g/mol. The van der Waals surface area contributed by atoms with Crippen molar-refractivity contribution in [3.8, 4) is 22.9 Å². The summed E-state index contributed by atoms with van der Waals surface area (Å²) in [5, 5.41) is 2.89. The van der Waals surface area contributed by atoms with Gasteiger partial charge in [0.05, 0.1) is 12.7 Å². The lowest BCUT2D eigenvalue weighted by Crippen LogP contribution is -2.23. The number of hydrogen-bond acceptors (Lipinski definition) is 5. The third kappa shape index (κ3) is 5.29. The molecular weight excluding hydrogens is 402 g/mol. The van der Waals surface area contributed by atoms with Gasteiger partial charge in [-0.1, -0.05) is 66.7 Å². The molecule has 0 saturated carbocycles. The van der Waals surface area contributed by atoms with E-state index in [9.17, 15) is 4.79 Å². The topological polar surface area (TPSA) is 73.3 Å². The fourth-order valence-electron chi connectivity index (χ4n) is 3.14. The number of carbonyl (C=O) groups is 1. The van der Waals surface area contributed by atoms with Crippen LogP contribution in [-0.4, -0.2) is 23.0 Å². The van der Waals surface area contributed by atoms with Crippen LogP contribution in [0, 0.1) is 0 Å². The van der Waals surface area contributed by atoms with Crippen molar-refractivity contribution in [3.05, 3.63) is 108 Å². The highest BCUT2D eigenvalue weighted by Gasteiger charge is 2.10. The molecule has 1 aromatic heterocycles. The summed E-state index contributed by atoms with van der Waals surface area (Å²) in [5.74, 6) is 1.60. The second kappa shape index (κ2) is 10.2. The molecule has 0 aliphatic carbocycles. The van der Waals surface area contributed by atoms with Crippen molar-refractivity contribution in [1.82, 2.24) is 15.3 Å². The summed E-state index contributed by atoms with van der Waals surface area (Å²) in [6, 6.07) is 25.2. The van der Waals surface area contributed by atoms with E-state index in [1.54, 1.807) is 7.11 Å². The largest absolute Gasteiger partial charge is 0.493 e. The Morgan fingerprint density at radius 3 is 2.22 bits per heavy atom. The zero-order valence-electron chi connectivity index (χ0n) is 17.7. The summed E-state index contributed by atoms with van der Waals surface area (Å²) in [4.78, 5) is 21.1. The quantitative estimate of drug-likeness (QED) is 0.444. The Hall–Kier alpha value is -4.19. The Bertz CT molecular complexity index is 1160. The summed E-state index contributed by atoms with van der Waals surface area (Å²) in [6.45, 7) is 0.793. The molecule has 0 atom stereocenters. The maximum atomic E-state index is 12.5. The van der Waals surface area contributed by atoms with Gasteiger partial charge in [0, 0.05) is 24.5 Å². The molecule has 160 valence electrons. The van der Waals surface area contributed by atoms with E-state index in [-0.39, 0.29) is 5.91 Å². The molecule has 0 saturated heterocycles. The highest BCUT2D eigenvalue weighted by molar-refractivity contribution is 5.93. The Morgan fingerprint density at radius 1 is 0.844 bits per heavy atom. The lowest BCUT2D eigenvalue weighted by atomic mass is 10.2. The summed E-state index contributed by atoms with van der Waals surface area (Å²) in [7, 11) is 1.60. The minimum atomic E-state index is -0.243. The van der Waals surface area contributed by atoms with Crippen LogP contribution in [0.5, 0.6) is 11.5 Å². The van der Waals surface area contributed by atoms with Gasteiger partial charge in [0.25, 0.3) is 5.91 Å². The van der Waals surface area contributed by atoms with E-state index in [4.69, 9.17) is 9.47 Å². The Kier molecular flexibility index (Phi) is 6.72. The normalized spacial score (nSPS) is 10.4. The van der Waals surface area contributed by atoms with Crippen LogP contribution >= 0.6 is 0 Å². The first-order valence-corrected chi connectivity index (χ1v) is 10.2. The highest BCUT2D eigenvalue weighted by atomic mass is 16.5. The van der Waals surface area contributed by atoms with Crippen LogP contribution in [0.3, 0.4) is 0 Å².